The maximum atomic E-state index is 13.6. The van der Waals surface area contributed by atoms with Crippen LogP contribution >= 0.6 is 0 Å². The van der Waals surface area contributed by atoms with E-state index in [0.29, 0.717) is 18.6 Å². The Bertz CT molecular complexity index is 1030. The Balaban J connectivity index is 0.00000187. The summed E-state index contributed by atoms with van der Waals surface area (Å²) in [5.74, 6) is 1.11. The molecule has 2 aliphatic rings. The standard InChI is InChI=1S/C34H50O4.C3H8/c1-6-12-27(29(8-3)32(37)17-22(4)35)18-24-19-30-28(15-16-31(36)26-13-10-9-11-14-26)21-25(7-2)23(5)34(30)33(38)20-24;1-3-2/h21,24,26-27,29H,6-20H2,1-5H3;3H2,1-2H3. The molecule has 3 unspecified atom stereocenters. The molecule has 0 bridgehead atoms. The van der Waals surface area contributed by atoms with Crippen LogP contribution in [0.3, 0.4) is 0 Å². The van der Waals surface area contributed by atoms with Gasteiger partial charge in [0.1, 0.15) is 17.3 Å². The van der Waals surface area contributed by atoms with Crippen LogP contribution in [0.25, 0.3) is 0 Å². The zero-order valence-electron chi connectivity index (χ0n) is 27.3. The monoisotopic (exact) mass is 566 g/mol. The lowest BCUT2D eigenvalue weighted by Gasteiger charge is -2.33. The highest BCUT2D eigenvalue weighted by Crippen LogP contribution is 2.39. The van der Waals surface area contributed by atoms with Gasteiger partial charge in [-0.2, -0.15) is 0 Å². The van der Waals surface area contributed by atoms with Crippen molar-refractivity contribution in [3.8, 4) is 0 Å². The predicted octanol–water partition coefficient (Wildman–Crippen LogP) is 9.18. The topological polar surface area (TPSA) is 68.3 Å². The number of aryl methyl sites for hydroxylation is 2. The largest absolute Gasteiger partial charge is 0.300 e. The highest BCUT2D eigenvalue weighted by atomic mass is 16.1. The summed E-state index contributed by atoms with van der Waals surface area (Å²) in [6.45, 7) is 14.2. The maximum Gasteiger partial charge on any atom is 0.163 e. The number of hydrogen-bond donors (Lipinski definition) is 0. The summed E-state index contributed by atoms with van der Waals surface area (Å²) in [7, 11) is 0. The number of hydrogen-bond acceptors (Lipinski definition) is 4. The third-order valence-electron chi connectivity index (χ3n) is 9.36. The van der Waals surface area contributed by atoms with Crippen molar-refractivity contribution >= 4 is 23.1 Å². The van der Waals surface area contributed by atoms with Crippen LogP contribution < -0.4 is 0 Å². The van der Waals surface area contributed by atoms with E-state index in [1.165, 1.54) is 43.7 Å². The highest BCUT2D eigenvalue weighted by Gasteiger charge is 2.34. The smallest absolute Gasteiger partial charge is 0.163 e. The van der Waals surface area contributed by atoms with E-state index in [1.807, 2.05) is 6.92 Å². The van der Waals surface area contributed by atoms with Crippen molar-refractivity contribution in [2.24, 2.45) is 23.7 Å². The summed E-state index contributed by atoms with van der Waals surface area (Å²) in [6, 6.07) is 2.27. The number of Topliss-reactive ketones (excluding diaryl/α,β-unsaturated/α-hetero) is 4. The van der Waals surface area contributed by atoms with Gasteiger partial charge in [0.2, 0.25) is 0 Å². The number of carbonyl (C=O) groups is 4. The average Bonchev–Trinajstić information content (AvgIpc) is 2.93. The molecule has 0 N–H and O–H groups in total. The lowest BCUT2D eigenvalue weighted by Crippen LogP contribution is -2.30. The number of rotatable bonds is 14. The van der Waals surface area contributed by atoms with Gasteiger partial charge in [0.15, 0.2) is 5.78 Å². The third-order valence-corrected chi connectivity index (χ3v) is 9.36. The minimum Gasteiger partial charge on any atom is -0.300 e. The van der Waals surface area contributed by atoms with E-state index in [-0.39, 0.29) is 47.4 Å². The summed E-state index contributed by atoms with van der Waals surface area (Å²) in [4.78, 5) is 51.2. The molecule has 1 fully saturated rings. The molecule has 0 radical (unpaired) electrons. The fourth-order valence-electron chi connectivity index (χ4n) is 7.41. The van der Waals surface area contributed by atoms with Gasteiger partial charge >= 0.3 is 0 Å². The second kappa shape index (κ2) is 17.8. The first-order chi connectivity index (χ1) is 19.6. The minimum atomic E-state index is -0.118. The molecule has 4 heteroatoms. The Labute approximate surface area is 250 Å². The van der Waals surface area contributed by atoms with Gasteiger partial charge < -0.3 is 0 Å². The highest BCUT2D eigenvalue weighted by molar-refractivity contribution is 6.01. The fraction of sp³-hybridized carbons (Fsp3) is 0.730. The molecule has 0 aromatic heterocycles. The van der Waals surface area contributed by atoms with Crippen molar-refractivity contribution in [1.29, 1.82) is 0 Å². The van der Waals surface area contributed by atoms with E-state index >= 15 is 0 Å². The molecule has 0 heterocycles. The molecule has 2 aliphatic carbocycles. The lowest BCUT2D eigenvalue weighted by molar-refractivity contribution is -0.130. The van der Waals surface area contributed by atoms with Gasteiger partial charge in [0.05, 0.1) is 6.42 Å². The SMILES string of the molecule is CCC.CCCC(CC1CC(=O)c2c(C)c(CC)cc(CCC(=O)C3CCCCC3)c2C1)C(CC)C(=O)CC(C)=O. The van der Waals surface area contributed by atoms with Gasteiger partial charge in [0.25, 0.3) is 0 Å². The Kier molecular flexibility index (Phi) is 15.2. The first-order valence-electron chi connectivity index (χ1n) is 16.8. The van der Waals surface area contributed by atoms with Gasteiger partial charge in [-0.3, -0.25) is 19.2 Å². The van der Waals surface area contributed by atoms with Crippen LogP contribution in [-0.2, 0) is 33.6 Å². The van der Waals surface area contributed by atoms with E-state index in [1.54, 1.807) is 0 Å². The van der Waals surface area contributed by atoms with E-state index in [2.05, 4.69) is 40.7 Å². The van der Waals surface area contributed by atoms with Crippen LogP contribution in [0.5, 0.6) is 0 Å². The first-order valence-corrected chi connectivity index (χ1v) is 16.8. The molecular formula is C37H58O4. The molecule has 1 saturated carbocycles. The normalized spacial score (nSPS) is 18.6. The number of benzene rings is 1. The molecule has 4 nitrogen and oxygen atoms in total. The molecule has 0 saturated heterocycles. The van der Waals surface area contributed by atoms with Crippen LogP contribution in [-0.4, -0.2) is 23.1 Å². The first kappa shape index (κ1) is 35.1. The molecule has 1 aromatic carbocycles. The van der Waals surface area contributed by atoms with Gasteiger partial charge in [-0.05, 0) is 92.9 Å². The molecular weight excluding hydrogens is 508 g/mol. The van der Waals surface area contributed by atoms with Crippen molar-refractivity contribution < 1.29 is 19.2 Å². The Morgan fingerprint density at radius 3 is 2.17 bits per heavy atom. The van der Waals surface area contributed by atoms with Crippen molar-refractivity contribution in [3.05, 3.63) is 33.9 Å². The molecule has 0 aliphatic heterocycles. The Hall–Kier alpha value is -2.10. The Morgan fingerprint density at radius 1 is 0.951 bits per heavy atom. The number of carbonyl (C=O) groups excluding carboxylic acids is 4. The van der Waals surface area contributed by atoms with Gasteiger partial charge in [-0.15, -0.1) is 0 Å². The van der Waals surface area contributed by atoms with Gasteiger partial charge in [0, 0.05) is 30.2 Å². The van der Waals surface area contributed by atoms with Crippen molar-refractivity contribution in [2.45, 2.75) is 151 Å². The van der Waals surface area contributed by atoms with Crippen LogP contribution in [0, 0.1) is 30.6 Å². The predicted molar refractivity (Wildman–Crippen MR) is 170 cm³/mol. The van der Waals surface area contributed by atoms with E-state index in [4.69, 9.17) is 0 Å². The van der Waals surface area contributed by atoms with Gasteiger partial charge in [-0.25, -0.2) is 0 Å². The average molecular weight is 567 g/mol. The van der Waals surface area contributed by atoms with Crippen LogP contribution in [0.2, 0.25) is 0 Å². The molecule has 1 aromatic rings. The molecule has 3 rings (SSSR count). The maximum absolute atomic E-state index is 13.6. The van der Waals surface area contributed by atoms with E-state index in [9.17, 15) is 19.2 Å². The summed E-state index contributed by atoms with van der Waals surface area (Å²) in [5, 5.41) is 0. The molecule has 41 heavy (non-hydrogen) atoms. The van der Waals surface area contributed by atoms with Crippen LogP contribution in [0.4, 0.5) is 0 Å². The zero-order chi connectivity index (χ0) is 30.5. The summed E-state index contributed by atoms with van der Waals surface area (Å²) in [5.41, 5.74) is 5.60. The summed E-state index contributed by atoms with van der Waals surface area (Å²) < 4.78 is 0. The van der Waals surface area contributed by atoms with Crippen molar-refractivity contribution in [3.63, 3.8) is 0 Å². The van der Waals surface area contributed by atoms with Crippen molar-refractivity contribution in [2.75, 3.05) is 0 Å². The summed E-state index contributed by atoms with van der Waals surface area (Å²) in [6.07, 6.45) is 14.0. The third kappa shape index (κ3) is 10.00. The lowest BCUT2D eigenvalue weighted by atomic mass is 9.70. The van der Waals surface area contributed by atoms with E-state index < -0.39 is 0 Å². The van der Waals surface area contributed by atoms with Crippen molar-refractivity contribution in [1.82, 2.24) is 0 Å². The Morgan fingerprint density at radius 2 is 1.61 bits per heavy atom. The van der Waals surface area contributed by atoms with Crippen LogP contribution in [0.1, 0.15) is 158 Å². The second-order valence-corrected chi connectivity index (χ2v) is 12.9. The van der Waals surface area contributed by atoms with E-state index in [0.717, 1.165) is 74.5 Å². The number of ketones is 4. The van der Waals surface area contributed by atoms with Gasteiger partial charge in [-0.1, -0.05) is 79.2 Å². The second-order valence-electron chi connectivity index (χ2n) is 12.9. The molecule has 3 atom stereocenters. The molecule has 230 valence electrons. The quantitative estimate of drug-likeness (QED) is 0.211. The fourth-order valence-corrected chi connectivity index (χ4v) is 7.41. The summed E-state index contributed by atoms with van der Waals surface area (Å²) >= 11 is 0. The number of fused-ring (bicyclic) bond motifs is 1. The zero-order valence-corrected chi connectivity index (χ0v) is 27.3. The minimum absolute atomic E-state index is 0.0172. The molecule has 0 spiro atoms. The van der Waals surface area contributed by atoms with Crippen LogP contribution in [0.15, 0.2) is 6.07 Å². The molecule has 0 amide bonds.